The van der Waals surface area contributed by atoms with Crippen LogP contribution in [0.3, 0.4) is 0 Å². The van der Waals surface area contributed by atoms with E-state index in [1.54, 1.807) is 7.11 Å². The molecule has 5 heteroatoms. The van der Waals surface area contributed by atoms with E-state index < -0.39 is 0 Å². The maximum absolute atomic E-state index is 11.7. The zero-order valence-electron chi connectivity index (χ0n) is 11.6. The van der Waals surface area contributed by atoms with E-state index in [2.05, 4.69) is 23.6 Å². The fourth-order valence-corrected chi connectivity index (χ4v) is 1.70. The number of halogens is 1. The van der Waals surface area contributed by atoms with E-state index in [1.807, 2.05) is 18.2 Å². The van der Waals surface area contributed by atoms with Crippen molar-refractivity contribution in [2.24, 2.45) is 0 Å². The maximum Gasteiger partial charge on any atom is 0.238 e. The van der Waals surface area contributed by atoms with Crippen molar-refractivity contribution in [3.8, 4) is 0 Å². The van der Waals surface area contributed by atoms with Gasteiger partial charge in [-0.15, -0.1) is 12.4 Å². The molecule has 0 radical (unpaired) electrons. The van der Waals surface area contributed by atoms with Gasteiger partial charge in [-0.2, -0.15) is 0 Å². The first kappa shape index (κ1) is 17.9. The number of para-hydroxylation sites is 1. The van der Waals surface area contributed by atoms with E-state index in [1.165, 1.54) is 5.56 Å². The fourth-order valence-electron chi connectivity index (χ4n) is 1.70. The molecule has 4 nitrogen and oxygen atoms in total. The maximum atomic E-state index is 11.7. The Morgan fingerprint density at radius 3 is 2.74 bits per heavy atom. The van der Waals surface area contributed by atoms with Crippen LogP contribution in [0.4, 0.5) is 5.69 Å². The Hall–Kier alpha value is -1.10. The zero-order chi connectivity index (χ0) is 13.2. The highest BCUT2D eigenvalue weighted by molar-refractivity contribution is 5.92. The van der Waals surface area contributed by atoms with Crippen LogP contribution in [0.2, 0.25) is 0 Å². The molecule has 0 aliphatic heterocycles. The number of carbonyl (C=O) groups excluding carboxylic acids is 1. The average Bonchev–Trinajstić information content (AvgIpc) is 2.37. The number of ether oxygens (including phenoxy) is 1. The van der Waals surface area contributed by atoms with E-state index >= 15 is 0 Å². The van der Waals surface area contributed by atoms with Crippen molar-refractivity contribution >= 4 is 24.0 Å². The Morgan fingerprint density at radius 1 is 1.32 bits per heavy atom. The minimum absolute atomic E-state index is 0. The number of aryl methyl sites for hydroxylation is 1. The van der Waals surface area contributed by atoms with Gasteiger partial charge in [-0.25, -0.2) is 0 Å². The number of benzene rings is 1. The topological polar surface area (TPSA) is 50.4 Å². The number of amides is 1. The van der Waals surface area contributed by atoms with Crippen LogP contribution < -0.4 is 10.6 Å². The molecular weight excluding hydrogens is 264 g/mol. The molecule has 0 aliphatic rings. The van der Waals surface area contributed by atoms with Crippen LogP contribution in [0.15, 0.2) is 24.3 Å². The van der Waals surface area contributed by atoms with Gasteiger partial charge >= 0.3 is 0 Å². The van der Waals surface area contributed by atoms with Crippen molar-refractivity contribution in [3.05, 3.63) is 29.8 Å². The Kier molecular flexibility index (Phi) is 10.2. The first-order valence-electron chi connectivity index (χ1n) is 6.35. The molecule has 0 aliphatic carbocycles. The Morgan fingerprint density at radius 2 is 2.05 bits per heavy atom. The summed E-state index contributed by atoms with van der Waals surface area (Å²) >= 11 is 0. The van der Waals surface area contributed by atoms with E-state index in [9.17, 15) is 4.79 Å². The van der Waals surface area contributed by atoms with Gasteiger partial charge in [0.1, 0.15) is 0 Å². The van der Waals surface area contributed by atoms with Crippen LogP contribution in [-0.4, -0.2) is 32.7 Å². The van der Waals surface area contributed by atoms with Crippen molar-refractivity contribution in [1.29, 1.82) is 0 Å². The van der Waals surface area contributed by atoms with Gasteiger partial charge in [0.15, 0.2) is 0 Å². The standard InChI is InChI=1S/C14H22N2O2.ClH/c1-3-6-12-7-4-5-8-13(12)16-14(17)11-15-9-10-18-2;/h4-5,7-8,15H,3,6,9-11H2,1-2H3,(H,16,17);1H. The van der Waals surface area contributed by atoms with Crippen molar-refractivity contribution in [2.45, 2.75) is 19.8 Å². The zero-order valence-corrected chi connectivity index (χ0v) is 12.4. The Labute approximate surface area is 121 Å². The van der Waals surface area contributed by atoms with Crippen molar-refractivity contribution < 1.29 is 9.53 Å². The molecule has 1 aromatic carbocycles. The second kappa shape index (κ2) is 10.8. The average molecular weight is 287 g/mol. The highest BCUT2D eigenvalue weighted by Crippen LogP contribution is 2.16. The number of rotatable bonds is 8. The highest BCUT2D eigenvalue weighted by atomic mass is 35.5. The summed E-state index contributed by atoms with van der Waals surface area (Å²) in [4.78, 5) is 11.7. The van der Waals surface area contributed by atoms with Crippen LogP contribution in [0.1, 0.15) is 18.9 Å². The van der Waals surface area contributed by atoms with Gasteiger partial charge in [0.25, 0.3) is 0 Å². The normalized spacial score (nSPS) is 9.79. The number of carbonyl (C=O) groups is 1. The number of methoxy groups -OCH3 is 1. The summed E-state index contributed by atoms with van der Waals surface area (Å²) in [6.45, 7) is 3.73. The monoisotopic (exact) mass is 286 g/mol. The summed E-state index contributed by atoms with van der Waals surface area (Å²) in [5.41, 5.74) is 2.10. The molecule has 0 heterocycles. The number of hydrogen-bond acceptors (Lipinski definition) is 3. The van der Waals surface area contributed by atoms with E-state index in [-0.39, 0.29) is 18.3 Å². The summed E-state index contributed by atoms with van der Waals surface area (Å²) in [6.07, 6.45) is 2.05. The van der Waals surface area contributed by atoms with Gasteiger partial charge < -0.3 is 15.4 Å². The molecule has 108 valence electrons. The minimum Gasteiger partial charge on any atom is -0.383 e. The van der Waals surface area contributed by atoms with E-state index in [4.69, 9.17) is 4.74 Å². The van der Waals surface area contributed by atoms with E-state index in [0.29, 0.717) is 19.7 Å². The highest BCUT2D eigenvalue weighted by Gasteiger charge is 2.05. The molecule has 0 bridgehead atoms. The molecule has 0 fully saturated rings. The Bertz CT molecular complexity index is 372. The molecule has 0 spiro atoms. The van der Waals surface area contributed by atoms with Gasteiger partial charge in [-0.3, -0.25) is 4.79 Å². The summed E-state index contributed by atoms with van der Waals surface area (Å²) in [5, 5.41) is 5.95. The third-order valence-electron chi connectivity index (χ3n) is 2.58. The van der Waals surface area contributed by atoms with Gasteiger partial charge in [-0.05, 0) is 18.1 Å². The molecule has 2 N–H and O–H groups in total. The van der Waals surface area contributed by atoms with Gasteiger partial charge in [-0.1, -0.05) is 31.5 Å². The lowest BCUT2D eigenvalue weighted by Gasteiger charge is -2.10. The molecule has 1 aromatic rings. The van der Waals surface area contributed by atoms with Crippen molar-refractivity contribution in [2.75, 3.05) is 32.1 Å². The van der Waals surface area contributed by atoms with Crippen LogP contribution in [0.25, 0.3) is 0 Å². The predicted octanol–water partition coefficient (Wildman–Crippen LogP) is 2.24. The largest absolute Gasteiger partial charge is 0.383 e. The van der Waals surface area contributed by atoms with Gasteiger partial charge in [0.2, 0.25) is 5.91 Å². The molecule has 0 aromatic heterocycles. The number of nitrogens with one attached hydrogen (secondary N) is 2. The van der Waals surface area contributed by atoms with Gasteiger partial charge in [0.05, 0.1) is 13.2 Å². The SMILES string of the molecule is CCCc1ccccc1NC(=O)CNCCOC.Cl. The molecule has 0 atom stereocenters. The lowest BCUT2D eigenvalue weighted by Crippen LogP contribution is -2.30. The summed E-state index contributed by atoms with van der Waals surface area (Å²) in [5.74, 6) is -0.0188. The van der Waals surface area contributed by atoms with Crippen LogP contribution in [0.5, 0.6) is 0 Å². The molecule has 0 unspecified atom stereocenters. The predicted molar refractivity (Wildman–Crippen MR) is 81.1 cm³/mol. The molecule has 1 amide bonds. The van der Waals surface area contributed by atoms with Crippen molar-refractivity contribution in [1.82, 2.24) is 5.32 Å². The second-order valence-electron chi connectivity index (χ2n) is 4.12. The lowest BCUT2D eigenvalue weighted by atomic mass is 10.1. The van der Waals surface area contributed by atoms with Gasteiger partial charge in [0, 0.05) is 19.3 Å². The molecule has 1 rings (SSSR count). The third kappa shape index (κ3) is 7.15. The van der Waals surface area contributed by atoms with E-state index in [0.717, 1.165) is 18.5 Å². The summed E-state index contributed by atoms with van der Waals surface area (Å²) in [6, 6.07) is 7.93. The first-order chi connectivity index (χ1) is 8.77. The quantitative estimate of drug-likeness (QED) is 0.721. The molecular formula is C14H23ClN2O2. The summed E-state index contributed by atoms with van der Waals surface area (Å²) in [7, 11) is 1.64. The first-order valence-corrected chi connectivity index (χ1v) is 6.35. The lowest BCUT2D eigenvalue weighted by molar-refractivity contribution is -0.115. The fraction of sp³-hybridized carbons (Fsp3) is 0.500. The smallest absolute Gasteiger partial charge is 0.238 e. The number of hydrogen-bond donors (Lipinski definition) is 2. The molecule has 19 heavy (non-hydrogen) atoms. The minimum atomic E-state index is -0.0188. The molecule has 0 saturated heterocycles. The second-order valence-corrected chi connectivity index (χ2v) is 4.12. The summed E-state index contributed by atoms with van der Waals surface area (Å²) < 4.78 is 4.90. The van der Waals surface area contributed by atoms with Crippen molar-refractivity contribution in [3.63, 3.8) is 0 Å². The number of anilines is 1. The molecule has 0 saturated carbocycles. The van der Waals surface area contributed by atoms with Crippen LogP contribution >= 0.6 is 12.4 Å². The third-order valence-corrected chi connectivity index (χ3v) is 2.58. The van der Waals surface area contributed by atoms with Crippen LogP contribution in [-0.2, 0) is 16.0 Å². The Balaban J connectivity index is 0.00000324. The van der Waals surface area contributed by atoms with Crippen LogP contribution in [0, 0.1) is 0 Å².